The Labute approximate surface area is 343 Å². The van der Waals surface area contributed by atoms with Gasteiger partial charge in [0.05, 0.1) is 67.1 Å². The standard InChI is InChI=1S/C45H63N7O6/c1-7-28(2)41(51(4)39(54)27-47-45(56)40-32-20-21-33(24-32)48-40)37(57-5)25-38(53)52-22-14-19-36(52)42(58-6)29(3)44(55)50-34(23-30-15-10-8-11-16-30)43-46-26-35(49-43)31-17-12-9-13-18-31/h8-13,15-18,26,28-29,32-34,36-37,40-42,48H,7,14,19-25,27H2,1-6H3,(H,46,49)(H,47,56)(H,50,55)/t28?,29?,32?,33?,34-,36?,37?,40?,41?,42?/m0/s1. The van der Waals surface area contributed by atoms with Crippen LogP contribution in [0.15, 0.2) is 66.9 Å². The minimum absolute atomic E-state index is 0.0150. The minimum atomic E-state index is -0.593. The molecule has 6 rings (SSSR count). The number of nitrogens with zero attached hydrogens (tertiary/aromatic N) is 3. The summed E-state index contributed by atoms with van der Waals surface area (Å²) in [6.07, 6.45) is 6.60. The molecule has 0 radical (unpaired) electrons. The summed E-state index contributed by atoms with van der Waals surface area (Å²) in [5.74, 6) is -0.268. The van der Waals surface area contributed by atoms with E-state index in [0.717, 1.165) is 48.9 Å². The molecule has 4 amide bonds. The molecule has 9 unspecified atom stereocenters. The van der Waals surface area contributed by atoms with Crippen LogP contribution in [0.1, 0.15) is 83.1 Å². The van der Waals surface area contributed by atoms with Gasteiger partial charge in [-0.05, 0) is 61.5 Å². The molecule has 4 N–H and O–H groups in total. The third-order valence-electron chi connectivity index (χ3n) is 13.0. The first-order valence-electron chi connectivity index (χ1n) is 21.1. The number of carbonyl (C=O) groups excluding carboxylic acids is 4. The second kappa shape index (κ2) is 19.9. The van der Waals surface area contributed by atoms with Crippen molar-refractivity contribution in [2.75, 3.05) is 34.4 Å². The summed E-state index contributed by atoms with van der Waals surface area (Å²) in [5.41, 5.74) is 2.92. The van der Waals surface area contributed by atoms with Gasteiger partial charge in [-0.1, -0.05) is 87.9 Å². The topological polar surface area (TPSA) is 158 Å². The Bertz CT molecular complexity index is 1820. The van der Waals surface area contributed by atoms with Gasteiger partial charge in [-0.2, -0.15) is 0 Å². The Hall–Kier alpha value is -4.59. The number of likely N-dealkylation sites (tertiary alicyclic amines) is 1. The van der Waals surface area contributed by atoms with Crippen molar-refractivity contribution in [1.29, 1.82) is 0 Å². The Kier molecular flexibility index (Phi) is 14.8. The highest BCUT2D eigenvalue weighted by Crippen LogP contribution is 2.35. The number of methoxy groups -OCH3 is 2. The van der Waals surface area contributed by atoms with Crippen LogP contribution in [0.2, 0.25) is 0 Å². The molecule has 1 aliphatic carbocycles. The average Bonchev–Trinajstić information content (AvgIpc) is 4.09. The third kappa shape index (κ3) is 9.98. The molecule has 2 saturated heterocycles. The van der Waals surface area contributed by atoms with Crippen molar-refractivity contribution in [2.24, 2.45) is 17.8 Å². The number of aromatic amines is 1. The largest absolute Gasteiger partial charge is 0.379 e. The van der Waals surface area contributed by atoms with Crippen molar-refractivity contribution >= 4 is 23.6 Å². The van der Waals surface area contributed by atoms with E-state index in [4.69, 9.17) is 14.5 Å². The fourth-order valence-corrected chi connectivity index (χ4v) is 9.52. The highest BCUT2D eigenvalue weighted by molar-refractivity contribution is 5.88. The first-order chi connectivity index (χ1) is 28.0. The van der Waals surface area contributed by atoms with Gasteiger partial charge in [0.25, 0.3) is 0 Å². The highest BCUT2D eigenvalue weighted by atomic mass is 16.5. The fourth-order valence-electron chi connectivity index (χ4n) is 9.52. The molecule has 2 bridgehead atoms. The molecule has 1 saturated carbocycles. The number of carbonyl (C=O) groups is 4. The van der Waals surface area contributed by atoms with Gasteiger partial charge in [-0.15, -0.1) is 0 Å². The van der Waals surface area contributed by atoms with Crippen LogP contribution in [-0.2, 0) is 35.1 Å². The van der Waals surface area contributed by atoms with Crippen molar-refractivity contribution < 1.29 is 28.7 Å². The SMILES string of the molecule is CCC(C)C(C(CC(=O)N1CCCC1C(OC)C(C)C(=O)N[C@@H](Cc1ccccc1)c1ncc(-c2ccccc2)[nH]1)OC)N(C)C(=O)CNC(=O)C1NC2CCC1C2. The first kappa shape index (κ1) is 43.0. The number of rotatable bonds is 19. The molecule has 3 aliphatic rings. The van der Waals surface area contributed by atoms with E-state index in [9.17, 15) is 19.2 Å². The van der Waals surface area contributed by atoms with E-state index < -0.39 is 30.2 Å². The van der Waals surface area contributed by atoms with Gasteiger partial charge < -0.3 is 40.2 Å². The number of nitrogens with one attached hydrogen (secondary N) is 4. The number of aromatic nitrogens is 2. The number of likely N-dealkylation sites (N-methyl/N-ethyl adjacent to an activating group) is 1. The minimum Gasteiger partial charge on any atom is -0.379 e. The number of amides is 4. The lowest BCUT2D eigenvalue weighted by atomic mass is 9.90. The maximum atomic E-state index is 14.3. The van der Waals surface area contributed by atoms with Crippen molar-refractivity contribution in [3.8, 4) is 11.3 Å². The summed E-state index contributed by atoms with van der Waals surface area (Å²) in [6.45, 7) is 6.37. The molecule has 1 aromatic heterocycles. The van der Waals surface area contributed by atoms with Crippen LogP contribution in [-0.4, -0.2) is 114 Å². The molecule has 10 atom stereocenters. The fraction of sp³-hybridized carbons (Fsp3) is 0.578. The highest BCUT2D eigenvalue weighted by Gasteiger charge is 2.44. The van der Waals surface area contributed by atoms with Crippen molar-refractivity contribution in [3.63, 3.8) is 0 Å². The normalized spacial score (nSPS) is 23.1. The van der Waals surface area contributed by atoms with E-state index >= 15 is 0 Å². The zero-order chi connectivity index (χ0) is 41.3. The summed E-state index contributed by atoms with van der Waals surface area (Å²) in [5, 5.41) is 9.53. The van der Waals surface area contributed by atoms with Crippen molar-refractivity contribution in [2.45, 2.75) is 115 Å². The lowest BCUT2D eigenvalue weighted by Crippen LogP contribution is -2.55. The first-order valence-corrected chi connectivity index (χ1v) is 21.1. The molecule has 13 heteroatoms. The van der Waals surface area contributed by atoms with Crippen molar-refractivity contribution in [3.05, 3.63) is 78.2 Å². The number of fused-ring (bicyclic) bond motifs is 2. The van der Waals surface area contributed by atoms with Gasteiger partial charge in [-0.25, -0.2) is 4.98 Å². The number of hydrogen-bond acceptors (Lipinski definition) is 8. The second-order valence-corrected chi connectivity index (χ2v) is 16.6. The van der Waals surface area contributed by atoms with Gasteiger partial charge >= 0.3 is 0 Å². The molecule has 0 spiro atoms. The molecular weight excluding hydrogens is 735 g/mol. The number of benzene rings is 2. The van der Waals surface area contributed by atoms with Gasteiger partial charge in [0, 0.05) is 33.9 Å². The lowest BCUT2D eigenvalue weighted by molar-refractivity contribution is -0.146. The summed E-state index contributed by atoms with van der Waals surface area (Å²) in [6, 6.07) is 18.9. The average molecular weight is 798 g/mol. The molecule has 3 fully saturated rings. The zero-order valence-electron chi connectivity index (χ0n) is 35.0. The Morgan fingerprint density at radius 1 is 0.983 bits per heavy atom. The second-order valence-electron chi connectivity index (χ2n) is 16.6. The number of piperidine rings is 1. The lowest BCUT2D eigenvalue weighted by Gasteiger charge is -2.39. The van der Waals surface area contributed by atoms with Crippen LogP contribution in [0.4, 0.5) is 0 Å². The molecular formula is C45H63N7O6. The van der Waals surface area contributed by atoms with Crippen LogP contribution in [0.3, 0.4) is 0 Å². The number of ether oxygens (including phenoxy) is 2. The number of imidazole rings is 1. The maximum absolute atomic E-state index is 14.3. The van der Waals surface area contributed by atoms with Gasteiger partial charge in [0.1, 0.15) is 5.82 Å². The summed E-state index contributed by atoms with van der Waals surface area (Å²) >= 11 is 0. The van der Waals surface area contributed by atoms with Crippen LogP contribution >= 0.6 is 0 Å². The van der Waals surface area contributed by atoms with E-state index in [1.165, 1.54) is 0 Å². The number of hydrogen-bond donors (Lipinski definition) is 4. The van der Waals surface area contributed by atoms with Crippen LogP contribution in [0.5, 0.6) is 0 Å². The van der Waals surface area contributed by atoms with E-state index in [0.29, 0.717) is 37.2 Å². The van der Waals surface area contributed by atoms with E-state index in [1.54, 1.807) is 32.4 Å². The van der Waals surface area contributed by atoms with Crippen LogP contribution < -0.4 is 16.0 Å². The van der Waals surface area contributed by atoms with Gasteiger partial charge in [-0.3, -0.25) is 19.2 Å². The van der Waals surface area contributed by atoms with Crippen LogP contribution in [0, 0.1) is 17.8 Å². The molecule has 2 aromatic carbocycles. The van der Waals surface area contributed by atoms with E-state index in [-0.39, 0.29) is 54.6 Å². The van der Waals surface area contributed by atoms with Crippen molar-refractivity contribution in [1.82, 2.24) is 35.7 Å². The summed E-state index contributed by atoms with van der Waals surface area (Å²) in [4.78, 5) is 66.6. The van der Waals surface area contributed by atoms with Gasteiger partial charge in [0.15, 0.2) is 0 Å². The molecule has 2 aliphatic heterocycles. The van der Waals surface area contributed by atoms with Crippen LogP contribution in [0.25, 0.3) is 11.3 Å². The van der Waals surface area contributed by atoms with Gasteiger partial charge in [0.2, 0.25) is 23.6 Å². The molecule has 3 heterocycles. The van der Waals surface area contributed by atoms with E-state index in [2.05, 4.69) is 34.8 Å². The molecule has 13 nitrogen and oxygen atoms in total. The smallest absolute Gasteiger partial charge is 0.242 e. The molecule has 58 heavy (non-hydrogen) atoms. The zero-order valence-corrected chi connectivity index (χ0v) is 35.0. The Morgan fingerprint density at radius 2 is 1.71 bits per heavy atom. The predicted molar refractivity (Wildman–Crippen MR) is 222 cm³/mol. The molecule has 3 aromatic rings. The monoisotopic (exact) mass is 797 g/mol. The maximum Gasteiger partial charge on any atom is 0.242 e. The number of H-pyrrole nitrogens is 1. The Morgan fingerprint density at radius 3 is 2.34 bits per heavy atom. The Balaban J connectivity index is 1.11. The molecule has 314 valence electrons. The predicted octanol–water partition coefficient (Wildman–Crippen LogP) is 4.65. The third-order valence-corrected chi connectivity index (χ3v) is 13.0. The quantitative estimate of drug-likeness (QED) is 0.137. The van der Waals surface area contributed by atoms with E-state index in [1.807, 2.05) is 72.5 Å². The summed E-state index contributed by atoms with van der Waals surface area (Å²) < 4.78 is 12.1. The summed E-state index contributed by atoms with van der Waals surface area (Å²) in [7, 11) is 4.90.